The molecule has 1 rings (SSSR count). The minimum Gasteiger partial charge on any atom is -0.359 e. The van der Waals surface area contributed by atoms with Crippen molar-refractivity contribution in [1.82, 2.24) is 4.98 Å². The summed E-state index contributed by atoms with van der Waals surface area (Å²) in [6.45, 7) is 5.79. The highest BCUT2D eigenvalue weighted by molar-refractivity contribution is 9.10. The molecular weight excluding hydrogens is 236 g/mol. The van der Waals surface area contributed by atoms with E-state index in [2.05, 4.69) is 39.7 Å². The molecular formula is C8H11BrN2S. The van der Waals surface area contributed by atoms with Crippen LogP contribution in [0.4, 0.5) is 5.13 Å². The second-order valence-electron chi connectivity index (χ2n) is 2.55. The topological polar surface area (TPSA) is 24.9 Å². The maximum Gasteiger partial charge on any atom is 0.183 e. The predicted octanol–water partition coefficient (Wildman–Crippen LogP) is 3.28. The Labute approximate surface area is 84.8 Å². The summed E-state index contributed by atoms with van der Waals surface area (Å²) in [7, 11) is 0. The molecule has 0 fully saturated rings. The SMILES string of the molecule is C=CCC(C)Nc1nc(Br)cs1. The van der Waals surface area contributed by atoms with Gasteiger partial charge in [0.1, 0.15) is 4.60 Å². The summed E-state index contributed by atoms with van der Waals surface area (Å²) in [5, 5.41) is 6.19. The van der Waals surface area contributed by atoms with E-state index in [4.69, 9.17) is 0 Å². The van der Waals surface area contributed by atoms with Crippen LogP contribution in [0.3, 0.4) is 0 Å². The van der Waals surface area contributed by atoms with Gasteiger partial charge in [-0.2, -0.15) is 0 Å². The molecule has 0 aliphatic carbocycles. The molecule has 0 saturated carbocycles. The molecule has 0 radical (unpaired) electrons. The fraction of sp³-hybridized carbons (Fsp3) is 0.375. The van der Waals surface area contributed by atoms with Crippen LogP contribution in [0.1, 0.15) is 13.3 Å². The number of thiazole rings is 1. The number of nitrogens with zero attached hydrogens (tertiary/aromatic N) is 1. The van der Waals surface area contributed by atoms with E-state index in [0.717, 1.165) is 16.2 Å². The van der Waals surface area contributed by atoms with Gasteiger partial charge >= 0.3 is 0 Å². The third kappa shape index (κ3) is 2.95. The number of hydrogen-bond donors (Lipinski definition) is 1. The Hall–Kier alpha value is -0.350. The maximum absolute atomic E-state index is 4.22. The van der Waals surface area contributed by atoms with E-state index in [9.17, 15) is 0 Å². The van der Waals surface area contributed by atoms with E-state index in [-0.39, 0.29) is 0 Å². The third-order valence-electron chi connectivity index (χ3n) is 1.37. The van der Waals surface area contributed by atoms with Gasteiger partial charge in [0.2, 0.25) is 0 Å². The van der Waals surface area contributed by atoms with Gasteiger partial charge in [0.15, 0.2) is 5.13 Å². The van der Waals surface area contributed by atoms with E-state index >= 15 is 0 Å². The molecule has 1 aromatic heterocycles. The van der Waals surface area contributed by atoms with Crippen LogP contribution in [-0.2, 0) is 0 Å². The van der Waals surface area contributed by atoms with Crippen molar-refractivity contribution in [2.45, 2.75) is 19.4 Å². The second-order valence-corrected chi connectivity index (χ2v) is 4.22. The zero-order chi connectivity index (χ0) is 8.97. The number of nitrogens with one attached hydrogen (secondary N) is 1. The molecule has 0 saturated heterocycles. The standard InChI is InChI=1S/C8H11BrN2S/c1-3-4-6(2)10-8-11-7(9)5-12-8/h3,5-6H,1,4H2,2H3,(H,10,11). The molecule has 0 amide bonds. The Balaban J connectivity index is 2.46. The van der Waals surface area contributed by atoms with Crippen molar-refractivity contribution in [2.75, 3.05) is 5.32 Å². The minimum atomic E-state index is 0.403. The van der Waals surface area contributed by atoms with Gasteiger partial charge in [-0.1, -0.05) is 6.08 Å². The summed E-state index contributed by atoms with van der Waals surface area (Å²) in [4.78, 5) is 4.22. The monoisotopic (exact) mass is 246 g/mol. The molecule has 1 unspecified atom stereocenters. The van der Waals surface area contributed by atoms with Gasteiger partial charge < -0.3 is 5.32 Å². The van der Waals surface area contributed by atoms with Gasteiger partial charge in [-0.15, -0.1) is 17.9 Å². The number of hydrogen-bond acceptors (Lipinski definition) is 3. The molecule has 4 heteroatoms. The number of anilines is 1. The molecule has 0 aliphatic rings. The predicted molar refractivity (Wildman–Crippen MR) is 57.7 cm³/mol. The molecule has 0 spiro atoms. The Bertz CT molecular complexity index is 259. The highest BCUT2D eigenvalue weighted by atomic mass is 79.9. The van der Waals surface area contributed by atoms with E-state index in [1.807, 2.05) is 11.5 Å². The highest BCUT2D eigenvalue weighted by Crippen LogP contribution is 2.20. The number of rotatable bonds is 4. The third-order valence-corrected chi connectivity index (χ3v) is 2.85. The van der Waals surface area contributed by atoms with E-state index in [0.29, 0.717) is 6.04 Å². The lowest BCUT2D eigenvalue weighted by Gasteiger charge is -2.08. The van der Waals surface area contributed by atoms with Crippen molar-refractivity contribution in [3.05, 3.63) is 22.6 Å². The Morgan fingerprint density at radius 1 is 1.92 bits per heavy atom. The van der Waals surface area contributed by atoms with Gasteiger partial charge in [0.25, 0.3) is 0 Å². The normalized spacial score (nSPS) is 12.5. The van der Waals surface area contributed by atoms with Crippen LogP contribution >= 0.6 is 27.3 Å². The smallest absolute Gasteiger partial charge is 0.183 e. The van der Waals surface area contributed by atoms with Gasteiger partial charge in [-0.05, 0) is 29.3 Å². The van der Waals surface area contributed by atoms with Gasteiger partial charge in [-0.3, -0.25) is 0 Å². The van der Waals surface area contributed by atoms with Crippen molar-refractivity contribution >= 4 is 32.4 Å². The van der Waals surface area contributed by atoms with Crippen LogP contribution in [0, 0.1) is 0 Å². The molecule has 2 nitrogen and oxygen atoms in total. The van der Waals surface area contributed by atoms with Crippen molar-refractivity contribution < 1.29 is 0 Å². The largest absolute Gasteiger partial charge is 0.359 e. The lowest BCUT2D eigenvalue weighted by Crippen LogP contribution is -2.13. The number of halogens is 1. The van der Waals surface area contributed by atoms with Gasteiger partial charge in [-0.25, -0.2) is 4.98 Å². The zero-order valence-electron chi connectivity index (χ0n) is 6.88. The van der Waals surface area contributed by atoms with Crippen LogP contribution in [0.25, 0.3) is 0 Å². The molecule has 1 atom stereocenters. The van der Waals surface area contributed by atoms with Crippen molar-refractivity contribution in [2.24, 2.45) is 0 Å². The maximum atomic E-state index is 4.22. The molecule has 1 N–H and O–H groups in total. The Morgan fingerprint density at radius 2 is 2.67 bits per heavy atom. The fourth-order valence-electron chi connectivity index (χ4n) is 0.840. The molecule has 0 bridgehead atoms. The first kappa shape index (κ1) is 9.74. The van der Waals surface area contributed by atoms with Crippen LogP contribution in [0.5, 0.6) is 0 Å². The molecule has 1 aromatic rings. The fourth-order valence-corrected chi connectivity index (χ4v) is 2.10. The summed E-state index contributed by atoms with van der Waals surface area (Å²) >= 11 is 4.90. The summed E-state index contributed by atoms with van der Waals surface area (Å²) < 4.78 is 0.890. The van der Waals surface area contributed by atoms with Gasteiger partial charge in [0, 0.05) is 11.4 Å². The lowest BCUT2D eigenvalue weighted by molar-refractivity contribution is 0.812. The van der Waals surface area contributed by atoms with Crippen LogP contribution in [0.15, 0.2) is 22.6 Å². The summed E-state index contributed by atoms with van der Waals surface area (Å²) in [6.07, 6.45) is 2.86. The second kappa shape index (κ2) is 4.62. The highest BCUT2D eigenvalue weighted by Gasteiger charge is 2.02. The average Bonchev–Trinajstić information content (AvgIpc) is 2.36. The quantitative estimate of drug-likeness (QED) is 0.826. The Morgan fingerprint density at radius 3 is 3.17 bits per heavy atom. The first-order chi connectivity index (χ1) is 5.72. The van der Waals surface area contributed by atoms with Crippen molar-refractivity contribution in [3.8, 4) is 0 Å². The molecule has 12 heavy (non-hydrogen) atoms. The summed E-state index contributed by atoms with van der Waals surface area (Å²) in [5.41, 5.74) is 0. The van der Waals surface area contributed by atoms with E-state index in [1.54, 1.807) is 11.3 Å². The van der Waals surface area contributed by atoms with Gasteiger partial charge in [0.05, 0.1) is 0 Å². The summed E-state index contributed by atoms with van der Waals surface area (Å²) in [6, 6.07) is 0.403. The van der Waals surface area contributed by atoms with Crippen LogP contribution < -0.4 is 5.32 Å². The molecule has 0 aliphatic heterocycles. The van der Waals surface area contributed by atoms with E-state index < -0.39 is 0 Å². The molecule has 66 valence electrons. The van der Waals surface area contributed by atoms with Crippen LogP contribution in [0.2, 0.25) is 0 Å². The first-order valence-corrected chi connectivity index (χ1v) is 5.38. The lowest BCUT2D eigenvalue weighted by atomic mass is 10.2. The first-order valence-electron chi connectivity index (χ1n) is 3.71. The summed E-state index contributed by atoms with van der Waals surface area (Å²) in [5.74, 6) is 0. The molecule has 0 aromatic carbocycles. The number of aromatic nitrogens is 1. The minimum absolute atomic E-state index is 0.403. The van der Waals surface area contributed by atoms with Crippen molar-refractivity contribution in [3.63, 3.8) is 0 Å². The molecule has 1 heterocycles. The van der Waals surface area contributed by atoms with E-state index in [1.165, 1.54) is 0 Å². The Kier molecular flexibility index (Phi) is 3.75. The zero-order valence-corrected chi connectivity index (χ0v) is 9.28. The van der Waals surface area contributed by atoms with Crippen molar-refractivity contribution in [1.29, 1.82) is 0 Å². The van der Waals surface area contributed by atoms with Crippen LogP contribution in [-0.4, -0.2) is 11.0 Å². The average molecular weight is 247 g/mol.